The molecule has 2 aliphatic rings. The van der Waals surface area contributed by atoms with E-state index in [1.54, 1.807) is 24.5 Å². The Balaban J connectivity index is 1.11. The molecular weight excluding hydrogens is 469 g/mol. The Morgan fingerprint density at radius 2 is 1.72 bits per heavy atom. The van der Waals surface area contributed by atoms with E-state index in [9.17, 15) is 18.0 Å². The van der Waals surface area contributed by atoms with Gasteiger partial charge in [0, 0.05) is 31.2 Å². The van der Waals surface area contributed by atoms with Gasteiger partial charge in [-0.3, -0.25) is 9.88 Å². The number of aromatic nitrogens is 1. The summed E-state index contributed by atoms with van der Waals surface area (Å²) in [6.45, 7) is 4.11. The van der Waals surface area contributed by atoms with Crippen LogP contribution in [0, 0.1) is 5.41 Å². The van der Waals surface area contributed by atoms with Gasteiger partial charge in [-0.15, -0.1) is 0 Å². The van der Waals surface area contributed by atoms with Crippen molar-refractivity contribution >= 4 is 11.7 Å². The van der Waals surface area contributed by atoms with Gasteiger partial charge in [0.2, 0.25) is 0 Å². The number of piperidine rings is 1. The molecule has 0 radical (unpaired) electrons. The summed E-state index contributed by atoms with van der Waals surface area (Å²) < 4.78 is 44.7. The minimum Gasteiger partial charge on any atom is -0.457 e. The molecular formula is C27H27F3N4O2. The predicted octanol–water partition coefficient (Wildman–Crippen LogP) is 6.02. The van der Waals surface area contributed by atoms with Gasteiger partial charge >= 0.3 is 12.2 Å². The SMILES string of the molecule is O=C(Nc1cccnc1)N1CC2(CCN(Cc3cccc(Oc4cccc(C(F)(F)F)c4)c3)CC2)C1. The molecule has 3 aromatic rings. The first-order valence-electron chi connectivity index (χ1n) is 11.9. The number of benzene rings is 2. The molecule has 2 fully saturated rings. The monoisotopic (exact) mass is 496 g/mol. The van der Waals surface area contributed by atoms with Crippen LogP contribution in [0.15, 0.2) is 73.1 Å². The number of carbonyl (C=O) groups is 1. The molecule has 3 heterocycles. The third-order valence-electron chi connectivity index (χ3n) is 6.87. The van der Waals surface area contributed by atoms with Gasteiger partial charge in [-0.25, -0.2) is 4.79 Å². The Bertz CT molecular complexity index is 1200. The Morgan fingerprint density at radius 3 is 2.42 bits per heavy atom. The predicted molar refractivity (Wildman–Crippen MR) is 130 cm³/mol. The number of nitrogens with zero attached hydrogens (tertiary/aromatic N) is 3. The molecule has 188 valence electrons. The number of amides is 2. The van der Waals surface area contributed by atoms with Crippen LogP contribution in [-0.4, -0.2) is 47.0 Å². The van der Waals surface area contributed by atoms with Crippen molar-refractivity contribution in [2.75, 3.05) is 31.5 Å². The highest BCUT2D eigenvalue weighted by Crippen LogP contribution is 2.41. The standard InChI is InChI=1S/C27H27F3N4O2/c28-27(29,30)21-5-2-8-24(15-21)36-23-7-1-4-20(14-23)17-33-12-9-26(10-13-33)18-34(19-26)25(35)32-22-6-3-11-31-16-22/h1-8,11,14-16H,9-10,12-13,17-19H2,(H,32,35). The van der Waals surface area contributed by atoms with Gasteiger partial charge in [0.25, 0.3) is 0 Å². The highest BCUT2D eigenvalue weighted by Gasteiger charge is 2.46. The number of anilines is 1. The summed E-state index contributed by atoms with van der Waals surface area (Å²) in [7, 11) is 0. The number of alkyl halides is 3. The second-order valence-electron chi connectivity index (χ2n) is 9.58. The van der Waals surface area contributed by atoms with Gasteiger partial charge in [0.15, 0.2) is 0 Å². The van der Waals surface area contributed by atoms with Crippen molar-refractivity contribution in [1.29, 1.82) is 0 Å². The van der Waals surface area contributed by atoms with E-state index >= 15 is 0 Å². The fourth-order valence-electron chi connectivity index (χ4n) is 4.89. The quantitative estimate of drug-likeness (QED) is 0.469. The van der Waals surface area contributed by atoms with Gasteiger partial charge in [0.1, 0.15) is 11.5 Å². The molecule has 9 heteroatoms. The van der Waals surface area contributed by atoms with Crippen LogP contribution in [0.25, 0.3) is 0 Å². The number of carbonyl (C=O) groups excluding carboxylic acids is 1. The smallest absolute Gasteiger partial charge is 0.416 e. The maximum Gasteiger partial charge on any atom is 0.416 e. The molecule has 36 heavy (non-hydrogen) atoms. The lowest BCUT2D eigenvalue weighted by Crippen LogP contribution is -2.62. The third kappa shape index (κ3) is 5.62. The van der Waals surface area contributed by atoms with Crippen molar-refractivity contribution in [3.8, 4) is 11.5 Å². The summed E-state index contributed by atoms with van der Waals surface area (Å²) in [5.74, 6) is 0.665. The van der Waals surface area contributed by atoms with Gasteiger partial charge in [-0.05, 0) is 74.0 Å². The maximum atomic E-state index is 13.0. The van der Waals surface area contributed by atoms with Crippen LogP contribution in [0.4, 0.5) is 23.7 Å². The van der Waals surface area contributed by atoms with Gasteiger partial charge in [-0.2, -0.15) is 13.2 Å². The van der Waals surface area contributed by atoms with Gasteiger partial charge < -0.3 is 15.0 Å². The first-order chi connectivity index (χ1) is 17.3. The number of nitrogens with one attached hydrogen (secondary N) is 1. The first-order valence-corrected chi connectivity index (χ1v) is 11.9. The molecule has 0 atom stereocenters. The molecule has 1 N–H and O–H groups in total. The average Bonchev–Trinajstić information content (AvgIpc) is 2.84. The van der Waals surface area contributed by atoms with Crippen LogP contribution in [0.1, 0.15) is 24.0 Å². The van der Waals surface area contributed by atoms with Gasteiger partial charge in [-0.1, -0.05) is 18.2 Å². The van der Waals surface area contributed by atoms with Gasteiger partial charge in [0.05, 0.1) is 17.4 Å². The van der Waals surface area contributed by atoms with Crippen molar-refractivity contribution in [3.63, 3.8) is 0 Å². The van der Waals surface area contributed by atoms with Crippen molar-refractivity contribution < 1.29 is 22.7 Å². The van der Waals surface area contributed by atoms with E-state index in [1.165, 1.54) is 12.1 Å². The minimum absolute atomic E-state index is 0.0892. The van der Waals surface area contributed by atoms with Crippen molar-refractivity contribution in [3.05, 3.63) is 84.2 Å². The molecule has 0 aliphatic carbocycles. The molecule has 0 bridgehead atoms. The molecule has 5 rings (SSSR count). The van der Waals surface area contributed by atoms with E-state index in [2.05, 4.69) is 15.2 Å². The number of pyridine rings is 1. The number of rotatable bonds is 5. The van der Waals surface area contributed by atoms with Crippen molar-refractivity contribution in [1.82, 2.24) is 14.8 Å². The van der Waals surface area contributed by atoms with Crippen LogP contribution in [-0.2, 0) is 12.7 Å². The van der Waals surface area contributed by atoms with Crippen molar-refractivity contribution in [2.24, 2.45) is 5.41 Å². The second kappa shape index (κ2) is 9.81. The fourth-order valence-corrected chi connectivity index (χ4v) is 4.89. The average molecular weight is 497 g/mol. The highest BCUT2D eigenvalue weighted by atomic mass is 19.4. The van der Waals surface area contributed by atoms with E-state index < -0.39 is 11.7 Å². The topological polar surface area (TPSA) is 57.7 Å². The molecule has 0 unspecified atom stereocenters. The summed E-state index contributed by atoms with van der Waals surface area (Å²) in [5.41, 5.74) is 1.18. The molecule has 2 saturated heterocycles. The van der Waals surface area contributed by atoms with E-state index in [0.29, 0.717) is 11.4 Å². The van der Waals surface area contributed by atoms with E-state index in [4.69, 9.17) is 4.74 Å². The van der Waals surface area contributed by atoms with Crippen LogP contribution in [0.3, 0.4) is 0 Å². The van der Waals surface area contributed by atoms with Crippen LogP contribution >= 0.6 is 0 Å². The molecule has 2 aliphatic heterocycles. The number of likely N-dealkylation sites (tertiary alicyclic amines) is 2. The lowest BCUT2D eigenvalue weighted by atomic mass is 9.72. The summed E-state index contributed by atoms with van der Waals surface area (Å²) in [4.78, 5) is 20.7. The summed E-state index contributed by atoms with van der Waals surface area (Å²) in [6, 6.07) is 15.9. The normalized spacial score (nSPS) is 17.5. The van der Waals surface area contributed by atoms with Crippen LogP contribution in [0.2, 0.25) is 0 Å². The zero-order valence-corrected chi connectivity index (χ0v) is 19.7. The molecule has 6 nitrogen and oxygen atoms in total. The summed E-state index contributed by atoms with van der Waals surface area (Å²) in [6.07, 6.45) is 0.926. The van der Waals surface area contributed by atoms with Crippen LogP contribution in [0.5, 0.6) is 11.5 Å². The second-order valence-corrected chi connectivity index (χ2v) is 9.58. The van der Waals surface area contributed by atoms with Crippen LogP contribution < -0.4 is 10.1 Å². The summed E-state index contributed by atoms with van der Waals surface area (Å²) in [5, 5.41) is 2.89. The largest absolute Gasteiger partial charge is 0.457 e. The number of urea groups is 1. The lowest BCUT2D eigenvalue weighted by molar-refractivity contribution is -0.137. The molecule has 1 aromatic heterocycles. The van der Waals surface area contributed by atoms with E-state index in [0.717, 1.165) is 63.3 Å². The maximum absolute atomic E-state index is 13.0. The zero-order valence-electron chi connectivity index (χ0n) is 19.7. The zero-order chi connectivity index (χ0) is 25.2. The Kier molecular flexibility index (Phi) is 6.57. The number of ether oxygens (including phenoxy) is 1. The number of halogens is 3. The third-order valence-corrected chi connectivity index (χ3v) is 6.87. The minimum atomic E-state index is -4.41. The highest BCUT2D eigenvalue weighted by molar-refractivity contribution is 5.89. The van der Waals surface area contributed by atoms with E-state index in [1.807, 2.05) is 29.2 Å². The number of hydrogen-bond donors (Lipinski definition) is 1. The Morgan fingerprint density at radius 1 is 1.00 bits per heavy atom. The molecule has 1 spiro atoms. The number of hydrogen-bond acceptors (Lipinski definition) is 4. The Labute approximate surface area is 207 Å². The molecule has 0 saturated carbocycles. The molecule has 2 amide bonds. The lowest BCUT2D eigenvalue weighted by Gasteiger charge is -2.53. The fraction of sp³-hybridized carbons (Fsp3) is 0.333. The first kappa shape index (κ1) is 24.1. The van der Waals surface area contributed by atoms with Crippen molar-refractivity contribution in [2.45, 2.75) is 25.6 Å². The van der Waals surface area contributed by atoms with E-state index in [-0.39, 0.29) is 17.2 Å². The molecule has 2 aromatic carbocycles. The summed E-state index contributed by atoms with van der Waals surface area (Å²) >= 11 is 0. The Hall–Kier alpha value is -3.59.